The van der Waals surface area contributed by atoms with Gasteiger partial charge in [-0.3, -0.25) is 0 Å². The fourth-order valence-corrected chi connectivity index (χ4v) is 1.79. The molecule has 1 heterocycles. The predicted molar refractivity (Wildman–Crippen MR) is 60.5 cm³/mol. The van der Waals surface area contributed by atoms with Crippen LogP contribution in [0.15, 0.2) is 48.8 Å². The van der Waals surface area contributed by atoms with Gasteiger partial charge in [-0.05, 0) is 11.6 Å². The van der Waals surface area contributed by atoms with Gasteiger partial charge in [-0.2, -0.15) is 5.10 Å². The highest BCUT2D eigenvalue weighted by Crippen LogP contribution is 2.25. The molecule has 0 saturated heterocycles. The lowest BCUT2D eigenvalue weighted by Gasteiger charge is -2.28. The maximum Gasteiger partial charge on any atom is 0.338 e. The van der Waals surface area contributed by atoms with Crippen molar-refractivity contribution in [3.63, 3.8) is 0 Å². The third-order valence-corrected chi connectivity index (χ3v) is 2.73. The minimum atomic E-state index is -1.56. The Labute approximate surface area is 97.9 Å². The molecule has 2 rings (SSSR count). The van der Waals surface area contributed by atoms with E-state index in [-0.39, 0.29) is 0 Å². The molecule has 0 spiro atoms. The summed E-state index contributed by atoms with van der Waals surface area (Å²) in [7, 11) is 0. The molecule has 5 nitrogen and oxygen atoms in total. The van der Waals surface area contributed by atoms with Gasteiger partial charge in [0.2, 0.25) is 5.54 Å². The Morgan fingerprint density at radius 2 is 2.00 bits per heavy atom. The van der Waals surface area contributed by atoms with Crippen LogP contribution in [0, 0.1) is 0 Å². The Morgan fingerprint density at radius 3 is 2.47 bits per heavy atom. The number of carboxylic acid groups (broad SMARTS) is 1. The summed E-state index contributed by atoms with van der Waals surface area (Å²) >= 11 is 0. The monoisotopic (exact) mass is 232 g/mol. The Hall–Kier alpha value is -2.14. The van der Waals surface area contributed by atoms with E-state index < -0.39 is 18.1 Å². The molecule has 1 aromatic heterocycles. The first-order chi connectivity index (χ1) is 8.21. The fraction of sp³-hybridized carbons (Fsp3) is 0.167. The number of nitrogens with zero attached hydrogens (tertiary/aromatic N) is 2. The van der Waals surface area contributed by atoms with E-state index in [0.29, 0.717) is 5.56 Å². The van der Waals surface area contributed by atoms with E-state index in [1.807, 2.05) is 0 Å². The molecule has 5 heteroatoms. The van der Waals surface area contributed by atoms with E-state index in [1.165, 1.54) is 17.1 Å². The number of rotatable bonds is 4. The number of aliphatic hydroxyl groups is 1. The molecule has 88 valence electrons. The van der Waals surface area contributed by atoms with Gasteiger partial charge < -0.3 is 10.2 Å². The molecule has 0 saturated carbocycles. The SMILES string of the molecule is O=C(O)C(CO)(c1ccccc1)n1cccn1. The van der Waals surface area contributed by atoms with Crippen molar-refractivity contribution < 1.29 is 15.0 Å². The maximum atomic E-state index is 11.5. The normalized spacial score (nSPS) is 14.2. The van der Waals surface area contributed by atoms with Crippen LogP contribution < -0.4 is 0 Å². The van der Waals surface area contributed by atoms with Gasteiger partial charge >= 0.3 is 5.97 Å². The van der Waals surface area contributed by atoms with Gasteiger partial charge in [0.25, 0.3) is 0 Å². The molecule has 1 unspecified atom stereocenters. The topological polar surface area (TPSA) is 75.3 Å². The van der Waals surface area contributed by atoms with Crippen LogP contribution in [-0.2, 0) is 10.3 Å². The van der Waals surface area contributed by atoms with E-state index in [2.05, 4.69) is 5.10 Å². The summed E-state index contributed by atoms with van der Waals surface area (Å²) in [6.45, 7) is -0.561. The zero-order valence-electron chi connectivity index (χ0n) is 9.02. The Morgan fingerprint density at radius 1 is 1.29 bits per heavy atom. The Kier molecular flexibility index (Phi) is 2.93. The van der Waals surface area contributed by atoms with Gasteiger partial charge in [0.1, 0.15) is 0 Å². The van der Waals surface area contributed by atoms with Crippen molar-refractivity contribution in [2.45, 2.75) is 5.54 Å². The molecular formula is C12H12N2O3. The molecule has 0 bridgehead atoms. The largest absolute Gasteiger partial charge is 0.479 e. The average Bonchev–Trinajstić information content (AvgIpc) is 2.86. The molecule has 1 aromatic carbocycles. The van der Waals surface area contributed by atoms with Crippen LogP contribution in [0.5, 0.6) is 0 Å². The van der Waals surface area contributed by atoms with Gasteiger partial charge in [0.15, 0.2) is 0 Å². The second kappa shape index (κ2) is 4.39. The Bertz CT molecular complexity index is 496. The van der Waals surface area contributed by atoms with Crippen LogP contribution in [-0.4, -0.2) is 32.6 Å². The molecule has 1 atom stereocenters. The van der Waals surface area contributed by atoms with Crippen LogP contribution in [0.2, 0.25) is 0 Å². The van der Waals surface area contributed by atoms with Crippen molar-refractivity contribution in [2.75, 3.05) is 6.61 Å². The molecule has 0 radical (unpaired) electrons. The van der Waals surface area contributed by atoms with E-state index >= 15 is 0 Å². The second-order valence-corrected chi connectivity index (χ2v) is 3.64. The van der Waals surface area contributed by atoms with Crippen molar-refractivity contribution in [2.24, 2.45) is 0 Å². The first-order valence-corrected chi connectivity index (χ1v) is 5.11. The molecule has 0 fully saturated rings. The fourth-order valence-electron chi connectivity index (χ4n) is 1.79. The van der Waals surface area contributed by atoms with Gasteiger partial charge in [-0.25, -0.2) is 9.48 Å². The van der Waals surface area contributed by atoms with Crippen LogP contribution in [0.1, 0.15) is 5.56 Å². The van der Waals surface area contributed by atoms with Crippen molar-refractivity contribution in [1.82, 2.24) is 9.78 Å². The predicted octanol–water partition coefficient (Wildman–Crippen LogP) is 0.704. The first-order valence-electron chi connectivity index (χ1n) is 5.11. The summed E-state index contributed by atoms with van der Waals surface area (Å²) in [4.78, 5) is 11.5. The summed E-state index contributed by atoms with van der Waals surface area (Å²) in [5, 5.41) is 22.9. The summed E-state index contributed by atoms with van der Waals surface area (Å²) in [6.07, 6.45) is 3.01. The van der Waals surface area contributed by atoms with Crippen LogP contribution in [0.3, 0.4) is 0 Å². The molecule has 2 aromatic rings. The highest BCUT2D eigenvalue weighted by molar-refractivity contribution is 5.81. The smallest absolute Gasteiger partial charge is 0.338 e. The van der Waals surface area contributed by atoms with Gasteiger partial charge in [-0.15, -0.1) is 0 Å². The summed E-state index contributed by atoms with van der Waals surface area (Å²) in [5.41, 5.74) is -1.08. The number of benzene rings is 1. The summed E-state index contributed by atoms with van der Waals surface area (Å²) in [5.74, 6) is -1.14. The quantitative estimate of drug-likeness (QED) is 0.813. The minimum absolute atomic E-state index is 0.485. The second-order valence-electron chi connectivity index (χ2n) is 3.64. The lowest BCUT2D eigenvalue weighted by molar-refractivity contribution is -0.147. The van der Waals surface area contributed by atoms with Gasteiger partial charge in [0.05, 0.1) is 6.61 Å². The number of aliphatic hydroxyl groups excluding tert-OH is 1. The van der Waals surface area contributed by atoms with Crippen LogP contribution in [0.4, 0.5) is 0 Å². The maximum absolute atomic E-state index is 11.5. The number of carbonyl (C=O) groups is 1. The number of aliphatic carboxylic acids is 1. The standard InChI is InChI=1S/C12H12N2O3/c15-9-12(11(16)17,14-8-4-7-13-14)10-5-2-1-3-6-10/h1-8,15H,9H2,(H,16,17). The van der Waals surface area contributed by atoms with Gasteiger partial charge in [0, 0.05) is 12.4 Å². The minimum Gasteiger partial charge on any atom is -0.479 e. The average molecular weight is 232 g/mol. The van der Waals surface area contributed by atoms with Crippen molar-refractivity contribution in [3.05, 3.63) is 54.4 Å². The Balaban J connectivity index is 2.63. The summed E-state index contributed by atoms with van der Waals surface area (Å²) in [6, 6.07) is 10.2. The summed E-state index contributed by atoms with van der Waals surface area (Å²) < 4.78 is 1.25. The molecule has 2 N–H and O–H groups in total. The molecule has 0 amide bonds. The van der Waals surface area contributed by atoms with E-state index in [0.717, 1.165) is 0 Å². The molecule has 0 aliphatic heterocycles. The van der Waals surface area contributed by atoms with E-state index in [9.17, 15) is 15.0 Å². The number of carboxylic acids is 1. The number of hydrogen-bond acceptors (Lipinski definition) is 3. The molecule has 0 aliphatic carbocycles. The molecule has 17 heavy (non-hydrogen) atoms. The zero-order chi connectivity index (χ0) is 12.3. The number of hydrogen-bond donors (Lipinski definition) is 2. The van der Waals surface area contributed by atoms with Crippen LogP contribution in [0.25, 0.3) is 0 Å². The highest BCUT2D eigenvalue weighted by Gasteiger charge is 2.42. The highest BCUT2D eigenvalue weighted by atomic mass is 16.4. The third kappa shape index (κ3) is 1.70. The first kappa shape index (κ1) is 11.3. The molecule has 0 aliphatic rings. The van der Waals surface area contributed by atoms with E-state index in [4.69, 9.17) is 0 Å². The lowest BCUT2D eigenvalue weighted by atomic mass is 9.91. The number of aromatic nitrogens is 2. The van der Waals surface area contributed by atoms with E-state index in [1.54, 1.807) is 36.4 Å². The van der Waals surface area contributed by atoms with Crippen molar-refractivity contribution in [1.29, 1.82) is 0 Å². The van der Waals surface area contributed by atoms with Gasteiger partial charge in [-0.1, -0.05) is 30.3 Å². The lowest BCUT2D eigenvalue weighted by Crippen LogP contribution is -2.46. The third-order valence-electron chi connectivity index (χ3n) is 2.73. The van der Waals surface area contributed by atoms with Crippen LogP contribution >= 0.6 is 0 Å². The van der Waals surface area contributed by atoms with Crippen molar-refractivity contribution in [3.8, 4) is 0 Å². The zero-order valence-corrected chi connectivity index (χ0v) is 9.02. The molecular weight excluding hydrogens is 220 g/mol. The van der Waals surface area contributed by atoms with Crippen molar-refractivity contribution >= 4 is 5.97 Å².